The second-order valence-electron chi connectivity index (χ2n) is 16.4. The van der Waals surface area contributed by atoms with Gasteiger partial charge in [0.2, 0.25) is 5.79 Å². The first kappa shape index (κ1) is 41.9. The molecule has 3 N–H and O–H groups in total. The van der Waals surface area contributed by atoms with Crippen molar-refractivity contribution < 1.29 is 38.9 Å². The van der Waals surface area contributed by atoms with Crippen LogP contribution in [-0.4, -0.2) is 83.7 Å². The van der Waals surface area contributed by atoms with E-state index in [9.17, 15) is 19.8 Å². The van der Waals surface area contributed by atoms with Crippen molar-refractivity contribution in [1.29, 1.82) is 0 Å². The highest BCUT2D eigenvalue weighted by molar-refractivity contribution is 6.04. The number of aliphatic hydroxyl groups excluding tert-OH is 2. The average Bonchev–Trinajstić information content (AvgIpc) is 3.19. The van der Waals surface area contributed by atoms with Crippen molar-refractivity contribution in [2.45, 2.75) is 96.0 Å². The lowest BCUT2D eigenvalue weighted by Crippen LogP contribution is -2.69. The Morgan fingerprint density at radius 3 is 2.46 bits per heavy atom. The highest BCUT2D eigenvalue weighted by atomic mass is 16.7. The minimum atomic E-state index is -1.40. The van der Waals surface area contributed by atoms with Gasteiger partial charge in [0.25, 0.3) is 5.91 Å². The van der Waals surface area contributed by atoms with Gasteiger partial charge < -0.3 is 39.5 Å². The third kappa shape index (κ3) is 9.06. The Labute approximate surface area is 336 Å². The van der Waals surface area contributed by atoms with Gasteiger partial charge in [-0.2, -0.15) is 0 Å². The zero-order valence-corrected chi connectivity index (χ0v) is 34.0. The van der Waals surface area contributed by atoms with Crippen molar-refractivity contribution in [3.63, 3.8) is 0 Å². The minimum Gasteiger partial charge on any atom is -0.459 e. The fourth-order valence-electron chi connectivity index (χ4n) is 8.94. The van der Waals surface area contributed by atoms with Crippen LogP contribution in [0, 0.1) is 17.8 Å². The molecule has 0 saturated heterocycles. The second-order valence-corrected chi connectivity index (χ2v) is 16.4. The fourth-order valence-corrected chi connectivity index (χ4v) is 8.94. The molecule has 1 aliphatic heterocycles. The molecule has 0 spiro atoms. The van der Waals surface area contributed by atoms with Gasteiger partial charge in [-0.15, -0.1) is 6.58 Å². The lowest BCUT2D eigenvalue weighted by molar-refractivity contribution is -0.252. The molecule has 1 saturated carbocycles. The number of hydrogen-bond acceptors (Lipinski definition) is 9. The van der Waals surface area contributed by atoms with E-state index in [1.165, 1.54) is 0 Å². The maximum absolute atomic E-state index is 14.7. The molecule has 1 fully saturated rings. The maximum Gasteiger partial charge on any atom is 0.412 e. The summed E-state index contributed by atoms with van der Waals surface area (Å²) >= 11 is 0. The highest BCUT2D eigenvalue weighted by Crippen LogP contribution is 2.62. The number of nitrogens with zero attached hydrogens (tertiary/aromatic N) is 2. The molecule has 11 nitrogen and oxygen atoms in total. The number of rotatable bonds is 16. The van der Waals surface area contributed by atoms with Crippen molar-refractivity contribution in [1.82, 2.24) is 10.2 Å². The van der Waals surface area contributed by atoms with Gasteiger partial charge in [-0.3, -0.25) is 4.79 Å². The van der Waals surface area contributed by atoms with Gasteiger partial charge in [0.05, 0.1) is 18.2 Å². The molecule has 3 aromatic carbocycles. The van der Waals surface area contributed by atoms with Crippen LogP contribution in [0.1, 0.15) is 94.5 Å². The summed E-state index contributed by atoms with van der Waals surface area (Å²) in [5.41, 5.74) is 2.46. The largest absolute Gasteiger partial charge is 0.459 e. The Kier molecular flexibility index (Phi) is 13.4. The number of nitrogens with one attached hydrogen (secondary N) is 1. The summed E-state index contributed by atoms with van der Waals surface area (Å²) < 4.78 is 20.0. The number of fused-ring (bicyclic) bond motifs is 3. The van der Waals surface area contributed by atoms with E-state index in [0.29, 0.717) is 42.2 Å². The van der Waals surface area contributed by atoms with Crippen molar-refractivity contribution in [3.8, 4) is 11.5 Å². The Morgan fingerprint density at radius 2 is 1.75 bits per heavy atom. The summed E-state index contributed by atoms with van der Waals surface area (Å²) in [5.74, 6) is -1.26. The maximum atomic E-state index is 14.7. The Hall–Kier alpha value is -4.71. The Bertz CT molecular complexity index is 1970. The summed E-state index contributed by atoms with van der Waals surface area (Å²) in [5, 5.41) is 29.3. The molecular weight excluding hydrogens is 723 g/mol. The van der Waals surface area contributed by atoms with Gasteiger partial charge in [-0.05, 0) is 112 Å². The molecule has 3 aliphatic rings. The molecule has 0 bridgehead atoms. The Balaban J connectivity index is 1.58. The number of benzene rings is 3. The van der Waals surface area contributed by atoms with Gasteiger partial charge in [0.1, 0.15) is 23.1 Å². The van der Waals surface area contributed by atoms with Crippen LogP contribution in [0.5, 0.6) is 11.5 Å². The van der Waals surface area contributed by atoms with Crippen LogP contribution in [0.15, 0.2) is 90.1 Å². The summed E-state index contributed by atoms with van der Waals surface area (Å²) in [6.45, 7) is 12.4. The SMILES string of the molecule is C=CCO[C@@]12Oc3ccc(OC(=O)NCC)cc3[C@H]3[C@H](CCCCO)[C@@H](CCCCO)C=C(C(=NOC(C)(C)C)C[C@@H]1N(C)C(=O)c1ccc4ccccc4c1)[C@H]32. The van der Waals surface area contributed by atoms with E-state index in [2.05, 4.69) is 18.0 Å². The normalized spacial score (nSPS) is 24.4. The number of unbranched alkanes of at least 4 members (excludes halogenated alkanes) is 2. The number of ether oxygens (including phenoxy) is 3. The number of carbonyl (C=O) groups excluding carboxylic acids is 2. The molecule has 57 heavy (non-hydrogen) atoms. The van der Waals surface area contributed by atoms with Crippen LogP contribution >= 0.6 is 0 Å². The number of carbonyl (C=O) groups is 2. The summed E-state index contributed by atoms with van der Waals surface area (Å²) in [6.07, 6.45) is 8.26. The van der Waals surface area contributed by atoms with E-state index < -0.39 is 29.4 Å². The molecule has 2 amide bonds. The molecule has 11 heteroatoms. The molecule has 306 valence electrons. The highest BCUT2D eigenvalue weighted by Gasteiger charge is 2.65. The molecule has 1 heterocycles. The summed E-state index contributed by atoms with van der Waals surface area (Å²) in [4.78, 5) is 35.4. The molecule has 3 aromatic rings. The van der Waals surface area contributed by atoms with Crippen LogP contribution in [0.2, 0.25) is 0 Å². The number of hydrogen-bond donors (Lipinski definition) is 3. The van der Waals surface area contributed by atoms with Crippen molar-refractivity contribution in [2.24, 2.45) is 22.9 Å². The molecule has 2 aliphatic carbocycles. The molecule has 6 atom stereocenters. The standard InChI is InChI=1S/C46H59N3O8/c1-7-25-54-46-40(49(6)43(52)33-20-19-30-15-9-10-16-31(30)26-33)29-38(48-57-45(3,4)5)36-27-32(17-11-13-23-50)35(18-12-14-24-51)41(42(36)46)37-28-34(21-22-39(37)56-46)55-44(53)47-8-2/h7,9-10,15-16,19-22,26-28,32,35,40-42,50-51H,1,8,11-14,17-18,23-25,29H2,2-6H3,(H,47,53)/t32-,35+,40-,41+,42+,46+/m0/s1. The number of oxime groups is 1. The lowest BCUT2D eigenvalue weighted by Gasteiger charge is -2.59. The molecule has 6 rings (SSSR count). The number of allylic oxidation sites excluding steroid dienone is 1. The molecular formula is C46H59N3O8. The number of aliphatic hydroxyl groups is 2. The number of likely N-dealkylation sites (N-methyl/N-ethyl adjacent to an activating group) is 1. The molecule has 0 unspecified atom stereocenters. The third-order valence-electron chi connectivity index (χ3n) is 11.4. The van der Waals surface area contributed by atoms with Gasteiger partial charge in [0, 0.05) is 50.3 Å². The predicted octanol–water partition coefficient (Wildman–Crippen LogP) is 8.15. The van der Waals surface area contributed by atoms with Gasteiger partial charge in [-0.1, -0.05) is 60.5 Å². The fraction of sp³-hybridized carbons (Fsp3) is 0.500. The van der Waals surface area contributed by atoms with Crippen molar-refractivity contribution in [2.75, 3.05) is 33.4 Å². The topological polar surface area (TPSA) is 139 Å². The van der Waals surface area contributed by atoms with Crippen LogP contribution in [0.4, 0.5) is 4.79 Å². The van der Waals surface area contributed by atoms with E-state index in [0.717, 1.165) is 47.6 Å². The van der Waals surface area contributed by atoms with E-state index in [1.807, 2.05) is 82.3 Å². The zero-order chi connectivity index (χ0) is 40.7. The van der Waals surface area contributed by atoms with E-state index in [-0.39, 0.29) is 49.9 Å². The summed E-state index contributed by atoms with van der Waals surface area (Å²) in [7, 11) is 1.80. The van der Waals surface area contributed by atoms with Gasteiger partial charge >= 0.3 is 6.09 Å². The zero-order valence-electron chi connectivity index (χ0n) is 34.0. The lowest BCUT2D eigenvalue weighted by atomic mass is 9.55. The first-order chi connectivity index (χ1) is 27.4. The van der Waals surface area contributed by atoms with Crippen molar-refractivity contribution in [3.05, 3.63) is 96.1 Å². The minimum absolute atomic E-state index is 0.0306. The van der Waals surface area contributed by atoms with Gasteiger partial charge in [0.15, 0.2) is 0 Å². The van der Waals surface area contributed by atoms with Gasteiger partial charge in [-0.25, -0.2) is 4.79 Å². The second kappa shape index (κ2) is 18.3. The summed E-state index contributed by atoms with van der Waals surface area (Å²) in [6, 6.07) is 18.5. The quantitative estimate of drug-likeness (QED) is 0.0752. The number of amides is 2. The Morgan fingerprint density at radius 1 is 1.02 bits per heavy atom. The smallest absolute Gasteiger partial charge is 0.412 e. The molecule has 0 aromatic heterocycles. The van der Waals surface area contributed by atoms with Crippen molar-refractivity contribution >= 4 is 28.5 Å². The monoisotopic (exact) mass is 781 g/mol. The van der Waals surface area contributed by atoms with Crippen LogP contribution in [0.25, 0.3) is 10.8 Å². The third-order valence-corrected chi connectivity index (χ3v) is 11.4. The average molecular weight is 782 g/mol. The first-order valence-electron chi connectivity index (χ1n) is 20.4. The van der Waals surface area contributed by atoms with E-state index in [4.69, 9.17) is 24.2 Å². The van der Waals surface area contributed by atoms with E-state index >= 15 is 0 Å². The van der Waals surface area contributed by atoms with Crippen LogP contribution in [0.3, 0.4) is 0 Å². The first-order valence-corrected chi connectivity index (χ1v) is 20.4. The molecule has 0 radical (unpaired) electrons. The van der Waals surface area contributed by atoms with E-state index in [1.54, 1.807) is 24.1 Å². The van der Waals surface area contributed by atoms with Crippen LogP contribution < -0.4 is 14.8 Å². The van der Waals surface area contributed by atoms with Crippen LogP contribution in [-0.2, 0) is 9.57 Å². The predicted molar refractivity (Wildman–Crippen MR) is 222 cm³/mol.